The van der Waals surface area contributed by atoms with Crippen LogP contribution in [-0.2, 0) is 0 Å². The molecule has 0 bridgehead atoms. The summed E-state index contributed by atoms with van der Waals surface area (Å²) in [4.78, 5) is 30.4. The van der Waals surface area contributed by atoms with E-state index < -0.39 is 0 Å². The predicted molar refractivity (Wildman–Crippen MR) is 138 cm³/mol. The maximum Gasteiger partial charge on any atom is 0.181 e. The summed E-state index contributed by atoms with van der Waals surface area (Å²) in [7, 11) is 1.48. The van der Waals surface area contributed by atoms with Gasteiger partial charge in [0, 0.05) is 39.4 Å². The quantitative estimate of drug-likeness (QED) is 0.283. The Morgan fingerprint density at radius 3 is 2.57 bits per heavy atom. The smallest absolute Gasteiger partial charge is 0.181 e. The minimum absolute atomic E-state index is 0.0588. The summed E-state index contributed by atoms with van der Waals surface area (Å²) < 4.78 is 11.9. The number of rotatable bonds is 10. The molecule has 0 spiro atoms. The van der Waals surface area contributed by atoms with Crippen LogP contribution in [0.3, 0.4) is 0 Å². The van der Waals surface area contributed by atoms with Gasteiger partial charge in [-0.25, -0.2) is 4.98 Å². The Hall–Kier alpha value is -3.55. The fraction of sp³-hybridized carbons (Fsp3) is 0.250. The number of fused-ring (bicyclic) bond motifs is 1. The van der Waals surface area contributed by atoms with Crippen molar-refractivity contribution < 1.29 is 24.2 Å². The van der Waals surface area contributed by atoms with Crippen molar-refractivity contribution in [2.24, 2.45) is 0 Å². The van der Waals surface area contributed by atoms with Crippen LogP contribution in [0.15, 0.2) is 53.9 Å². The van der Waals surface area contributed by atoms with Crippen molar-refractivity contribution >= 4 is 33.0 Å². The maximum absolute atomic E-state index is 13.0. The third kappa shape index (κ3) is 5.42. The molecule has 0 aliphatic rings. The molecule has 35 heavy (non-hydrogen) atoms. The number of hydrogen-bond donors (Lipinski definition) is 1. The average molecular weight is 490 g/mol. The summed E-state index contributed by atoms with van der Waals surface area (Å²) in [5.41, 5.74) is 4.73. The number of aliphatic hydroxyl groups is 1. The maximum atomic E-state index is 13.0. The van der Waals surface area contributed by atoms with Gasteiger partial charge >= 0.3 is 0 Å². The van der Waals surface area contributed by atoms with Crippen LogP contribution in [0.2, 0.25) is 0 Å². The van der Waals surface area contributed by atoms with Gasteiger partial charge in [-0.3, -0.25) is 9.59 Å². The third-order valence-electron chi connectivity index (χ3n) is 5.74. The molecule has 4 aromatic rings. The zero-order chi connectivity index (χ0) is 24.9. The Kier molecular flexibility index (Phi) is 7.58. The Balaban J connectivity index is 1.50. The molecular formula is C28H27NO5S. The molecule has 6 nitrogen and oxygen atoms in total. The Bertz CT molecular complexity index is 1390. The van der Waals surface area contributed by atoms with E-state index in [2.05, 4.69) is 29.4 Å². The van der Waals surface area contributed by atoms with E-state index in [4.69, 9.17) is 14.6 Å². The highest BCUT2D eigenvalue weighted by Gasteiger charge is 2.17. The van der Waals surface area contributed by atoms with Crippen molar-refractivity contribution in [2.45, 2.75) is 26.7 Å². The number of pyridine rings is 1. The molecule has 0 radical (unpaired) electrons. The fourth-order valence-corrected chi connectivity index (χ4v) is 5.01. The number of thiophene rings is 1. The molecule has 0 saturated carbocycles. The van der Waals surface area contributed by atoms with Gasteiger partial charge in [0.15, 0.2) is 23.1 Å². The van der Waals surface area contributed by atoms with Crippen LogP contribution in [0.5, 0.6) is 11.5 Å². The molecule has 0 amide bonds. The van der Waals surface area contributed by atoms with Gasteiger partial charge in [0.1, 0.15) is 12.3 Å². The lowest BCUT2D eigenvalue weighted by Gasteiger charge is -2.11. The van der Waals surface area contributed by atoms with Gasteiger partial charge in [-0.05, 0) is 55.3 Å². The highest BCUT2D eigenvalue weighted by atomic mass is 32.1. The van der Waals surface area contributed by atoms with E-state index in [1.807, 2.05) is 19.1 Å². The number of methoxy groups -OCH3 is 1. The first-order valence-corrected chi connectivity index (χ1v) is 12.2. The zero-order valence-corrected chi connectivity index (χ0v) is 20.8. The molecule has 7 heteroatoms. The van der Waals surface area contributed by atoms with Crippen LogP contribution in [-0.4, -0.2) is 42.0 Å². The van der Waals surface area contributed by atoms with Crippen molar-refractivity contribution in [2.75, 3.05) is 20.3 Å². The largest absolute Gasteiger partial charge is 0.493 e. The summed E-state index contributed by atoms with van der Waals surface area (Å²) in [6.45, 7) is 4.04. The number of aliphatic hydroxyl groups excluding tert-OH is 1. The standard InChI is InChI=1S/C28H27NO5S/c1-17-13-22(21-16-35-28-18(2)5-4-6-20(21)28)29-23(14-17)25(32)9-8-24(31)19-7-10-26(34-12-11-30)27(15-19)33-3/h4-7,10,13-16,30H,8-9,11-12H2,1-3H3. The Labute approximate surface area is 208 Å². The van der Waals surface area contributed by atoms with Crippen molar-refractivity contribution in [3.63, 3.8) is 0 Å². The lowest BCUT2D eigenvalue weighted by atomic mass is 10.0. The van der Waals surface area contributed by atoms with E-state index in [-0.39, 0.29) is 37.6 Å². The van der Waals surface area contributed by atoms with E-state index >= 15 is 0 Å². The zero-order valence-electron chi connectivity index (χ0n) is 20.0. The molecule has 4 rings (SSSR count). The summed E-state index contributed by atoms with van der Waals surface area (Å²) in [5, 5.41) is 12.1. The van der Waals surface area contributed by atoms with E-state index in [0.29, 0.717) is 22.8 Å². The van der Waals surface area contributed by atoms with Crippen LogP contribution >= 0.6 is 11.3 Å². The monoisotopic (exact) mass is 489 g/mol. The van der Waals surface area contributed by atoms with Crippen LogP contribution in [0.4, 0.5) is 0 Å². The molecule has 0 aliphatic heterocycles. The molecule has 2 heterocycles. The number of benzene rings is 2. The molecular weight excluding hydrogens is 462 g/mol. The number of aryl methyl sites for hydroxylation is 2. The Morgan fingerprint density at radius 1 is 1.00 bits per heavy atom. The first kappa shape index (κ1) is 24.6. The number of nitrogens with zero attached hydrogens (tertiary/aromatic N) is 1. The molecule has 2 aromatic heterocycles. The molecule has 2 aromatic carbocycles. The molecule has 0 atom stereocenters. The van der Waals surface area contributed by atoms with Gasteiger partial charge in [0.25, 0.3) is 0 Å². The molecule has 1 N–H and O–H groups in total. The number of ketones is 2. The van der Waals surface area contributed by atoms with Crippen molar-refractivity contribution in [3.8, 4) is 22.8 Å². The van der Waals surface area contributed by atoms with Crippen molar-refractivity contribution in [3.05, 3.63) is 76.3 Å². The average Bonchev–Trinajstić information content (AvgIpc) is 3.31. The van der Waals surface area contributed by atoms with Crippen LogP contribution < -0.4 is 9.47 Å². The first-order chi connectivity index (χ1) is 16.9. The summed E-state index contributed by atoms with van der Waals surface area (Å²) in [6, 6.07) is 14.8. The number of Topliss-reactive ketones (excluding diaryl/α,β-unsaturated/α-hetero) is 2. The van der Waals surface area contributed by atoms with Crippen LogP contribution in [0, 0.1) is 13.8 Å². The van der Waals surface area contributed by atoms with Gasteiger partial charge in [-0.15, -0.1) is 11.3 Å². The lowest BCUT2D eigenvalue weighted by Crippen LogP contribution is -2.08. The number of hydrogen-bond acceptors (Lipinski definition) is 7. The highest BCUT2D eigenvalue weighted by molar-refractivity contribution is 7.18. The SMILES string of the molecule is COc1cc(C(=O)CCC(=O)c2cc(C)cc(-c3csc4c(C)cccc34)n2)ccc1OCCO. The second-order valence-electron chi connectivity index (χ2n) is 8.30. The normalized spacial score (nSPS) is 11.0. The van der Waals surface area contributed by atoms with Crippen LogP contribution in [0.25, 0.3) is 21.3 Å². The van der Waals surface area contributed by atoms with E-state index in [9.17, 15) is 9.59 Å². The lowest BCUT2D eigenvalue weighted by molar-refractivity contribution is 0.0915. The van der Waals surface area contributed by atoms with Gasteiger partial charge < -0.3 is 14.6 Å². The topological polar surface area (TPSA) is 85.7 Å². The fourth-order valence-electron chi connectivity index (χ4n) is 3.96. The summed E-state index contributed by atoms with van der Waals surface area (Å²) >= 11 is 1.67. The molecule has 0 unspecified atom stereocenters. The molecule has 0 saturated heterocycles. The molecule has 0 fully saturated rings. The second kappa shape index (κ2) is 10.8. The predicted octanol–water partition coefficient (Wildman–Crippen LogP) is 5.81. The number of carbonyl (C=O) groups is 2. The number of carbonyl (C=O) groups excluding carboxylic acids is 2. The summed E-state index contributed by atoms with van der Waals surface area (Å²) in [6.07, 6.45) is 0.119. The van der Waals surface area contributed by atoms with Gasteiger partial charge in [0.05, 0.1) is 19.4 Å². The van der Waals surface area contributed by atoms with Crippen molar-refractivity contribution in [1.29, 1.82) is 0 Å². The number of aromatic nitrogens is 1. The summed E-state index contributed by atoms with van der Waals surface area (Å²) in [5.74, 6) is 0.507. The Morgan fingerprint density at radius 2 is 1.80 bits per heavy atom. The van der Waals surface area contributed by atoms with Crippen molar-refractivity contribution in [1.82, 2.24) is 4.98 Å². The highest BCUT2D eigenvalue weighted by Crippen LogP contribution is 2.35. The second-order valence-corrected chi connectivity index (χ2v) is 9.18. The minimum Gasteiger partial charge on any atom is -0.493 e. The number of ether oxygens (including phenoxy) is 2. The van der Waals surface area contributed by atoms with E-state index in [1.54, 1.807) is 35.6 Å². The van der Waals surface area contributed by atoms with Gasteiger partial charge in [-0.2, -0.15) is 0 Å². The molecule has 0 aliphatic carbocycles. The van der Waals surface area contributed by atoms with Gasteiger partial charge in [0.2, 0.25) is 0 Å². The first-order valence-electron chi connectivity index (χ1n) is 11.3. The van der Waals surface area contributed by atoms with Gasteiger partial charge in [-0.1, -0.05) is 18.2 Å². The van der Waals surface area contributed by atoms with E-state index in [1.165, 1.54) is 17.4 Å². The minimum atomic E-state index is -0.172. The van der Waals surface area contributed by atoms with Crippen LogP contribution in [0.1, 0.15) is 44.8 Å². The third-order valence-corrected chi connectivity index (χ3v) is 6.87. The molecule has 180 valence electrons. The van der Waals surface area contributed by atoms with E-state index in [0.717, 1.165) is 22.2 Å².